The second kappa shape index (κ2) is 5.15. The van der Waals surface area contributed by atoms with Crippen molar-refractivity contribution in [3.8, 4) is 12.3 Å². The topological polar surface area (TPSA) is 50.4 Å². The molecule has 1 heterocycles. The Bertz CT molecular complexity index is 262. The minimum Gasteiger partial charge on any atom is -0.378 e. The van der Waals surface area contributed by atoms with Gasteiger partial charge < -0.3 is 15.4 Å². The number of rotatable bonds is 3. The SMILES string of the molecule is C#CC(C)(C)NC(=O)CC1COCCN1. The molecule has 1 atom stereocenters. The number of hydrogen-bond donors (Lipinski definition) is 2. The van der Waals surface area contributed by atoms with Gasteiger partial charge in [0.2, 0.25) is 5.91 Å². The van der Waals surface area contributed by atoms with Crippen molar-refractivity contribution >= 4 is 5.91 Å². The zero-order valence-corrected chi connectivity index (χ0v) is 9.30. The predicted molar refractivity (Wildman–Crippen MR) is 58.3 cm³/mol. The van der Waals surface area contributed by atoms with E-state index in [-0.39, 0.29) is 11.9 Å². The molecule has 0 aromatic carbocycles. The number of terminal acetylenes is 1. The fourth-order valence-electron chi connectivity index (χ4n) is 1.41. The minimum atomic E-state index is -0.577. The Morgan fingerprint density at radius 1 is 1.73 bits per heavy atom. The molecule has 0 bridgehead atoms. The van der Waals surface area contributed by atoms with Gasteiger partial charge in [-0.1, -0.05) is 5.92 Å². The van der Waals surface area contributed by atoms with Gasteiger partial charge in [0.15, 0.2) is 0 Å². The summed E-state index contributed by atoms with van der Waals surface area (Å²) in [6.07, 6.45) is 5.69. The highest BCUT2D eigenvalue weighted by Crippen LogP contribution is 2.03. The zero-order chi connectivity index (χ0) is 11.3. The number of ether oxygens (including phenoxy) is 1. The van der Waals surface area contributed by atoms with Crippen LogP contribution in [0.5, 0.6) is 0 Å². The third-order valence-electron chi connectivity index (χ3n) is 2.24. The summed E-state index contributed by atoms with van der Waals surface area (Å²) < 4.78 is 5.26. The average molecular weight is 210 g/mol. The molecule has 4 nitrogen and oxygen atoms in total. The van der Waals surface area contributed by atoms with Crippen LogP contribution in [0.4, 0.5) is 0 Å². The molecule has 1 fully saturated rings. The first kappa shape index (κ1) is 12.0. The molecule has 0 radical (unpaired) electrons. The summed E-state index contributed by atoms with van der Waals surface area (Å²) in [4.78, 5) is 11.6. The van der Waals surface area contributed by atoms with Crippen LogP contribution in [0.25, 0.3) is 0 Å². The Balaban J connectivity index is 2.32. The molecule has 1 unspecified atom stereocenters. The molecule has 0 aromatic rings. The number of carbonyl (C=O) groups excluding carboxylic acids is 1. The maximum atomic E-state index is 11.6. The normalized spacial score (nSPS) is 21.8. The minimum absolute atomic E-state index is 0.0408. The maximum absolute atomic E-state index is 11.6. The Morgan fingerprint density at radius 3 is 3.00 bits per heavy atom. The van der Waals surface area contributed by atoms with Gasteiger partial charge in [0.05, 0.1) is 18.8 Å². The molecule has 0 aliphatic carbocycles. The van der Waals surface area contributed by atoms with Gasteiger partial charge in [-0.2, -0.15) is 0 Å². The molecule has 0 spiro atoms. The van der Waals surface area contributed by atoms with Crippen LogP contribution in [0.1, 0.15) is 20.3 Å². The van der Waals surface area contributed by atoms with E-state index in [1.54, 1.807) is 13.8 Å². The van der Waals surface area contributed by atoms with Crippen LogP contribution < -0.4 is 10.6 Å². The third kappa shape index (κ3) is 4.32. The predicted octanol–water partition coefficient (Wildman–Crippen LogP) is -0.107. The monoisotopic (exact) mass is 210 g/mol. The quantitative estimate of drug-likeness (QED) is 0.639. The van der Waals surface area contributed by atoms with Crippen molar-refractivity contribution in [1.29, 1.82) is 0 Å². The van der Waals surface area contributed by atoms with Gasteiger partial charge in [0.25, 0.3) is 0 Å². The van der Waals surface area contributed by atoms with E-state index in [9.17, 15) is 4.79 Å². The molecule has 1 saturated heterocycles. The van der Waals surface area contributed by atoms with Gasteiger partial charge in [-0.05, 0) is 13.8 Å². The Kier molecular flexibility index (Phi) is 4.13. The van der Waals surface area contributed by atoms with E-state index in [0.717, 1.165) is 6.54 Å². The second-order valence-electron chi connectivity index (χ2n) is 4.25. The zero-order valence-electron chi connectivity index (χ0n) is 9.30. The van der Waals surface area contributed by atoms with Crippen molar-refractivity contribution in [2.45, 2.75) is 31.8 Å². The van der Waals surface area contributed by atoms with Crippen LogP contribution >= 0.6 is 0 Å². The van der Waals surface area contributed by atoms with E-state index in [1.807, 2.05) is 0 Å². The van der Waals surface area contributed by atoms with Crippen LogP contribution in [0.2, 0.25) is 0 Å². The summed E-state index contributed by atoms with van der Waals surface area (Å²) in [5.74, 6) is 2.49. The van der Waals surface area contributed by atoms with Gasteiger partial charge in [0.1, 0.15) is 0 Å². The molecule has 0 saturated carbocycles. The van der Waals surface area contributed by atoms with Crippen LogP contribution in [0.3, 0.4) is 0 Å². The van der Waals surface area contributed by atoms with Gasteiger partial charge in [-0.3, -0.25) is 4.79 Å². The lowest BCUT2D eigenvalue weighted by Gasteiger charge is -2.25. The van der Waals surface area contributed by atoms with Crippen molar-refractivity contribution in [3.05, 3.63) is 0 Å². The maximum Gasteiger partial charge on any atom is 0.222 e. The molecule has 84 valence electrons. The fourth-order valence-corrected chi connectivity index (χ4v) is 1.41. The van der Waals surface area contributed by atoms with E-state index < -0.39 is 5.54 Å². The first-order valence-corrected chi connectivity index (χ1v) is 5.13. The summed E-state index contributed by atoms with van der Waals surface area (Å²) in [5, 5.41) is 6.00. The highest BCUT2D eigenvalue weighted by molar-refractivity contribution is 5.77. The van der Waals surface area contributed by atoms with Crippen LogP contribution in [-0.2, 0) is 9.53 Å². The highest BCUT2D eigenvalue weighted by Gasteiger charge is 2.21. The smallest absolute Gasteiger partial charge is 0.222 e. The van der Waals surface area contributed by atoms with Gasteiger partial charge in [-0.25, -0.2) is 0 Å². The molecule has 15 heavy (non-hydrogen) atoms. The number of amides is 1. The van der Waals surface area contributed by atoms with E-state index in [1.165, 1.54) is 0 Å². The first-order valence-electron chi connectivity index (χ1n) is 5.13. The Labute approximate surface area is 90.8 Å². The van der Waals surface area contributed by atoms with E-state index in [4.69, 9.17) is 11.2 Å². The summed E-state index contributed by atoms with van der Waals surface area (Å²) in [5.41, 5.74) is -0.577. The average Bonchev–Trinajstić information content (AvgIpc) is 2.18. The van der Waals surface area contributed by atoms with Crippen LogP contribution in [-0.4, -0.2) is 37.2 Å². The van der Waals surface area contributed by atoms with E-state index >= 15 is 0 Å². The Morgan fingerprint density at radius 2 is 2.47 bits per heavy atom. The Hall–Kier alpha value is -1.05. The summed E-state index contributed by atoms with van der Waals surface area (Å²) in [7, 11) is 0. The van der Waals surface area contributed by atoms with Crippen molar-refractivity contribution in [3.63, 3.8) is 0 Å². The number of nitrogens with one attached hydrogen (secondary N) is 2. The summed E-state index contributed by atoms with van der Waals surface area (Å²) in [6, 6.07) is 0.104. The molecule has 1 aliphatic rings. The van der Waals surface area contributed by atoms with E-state index in [0.29, 0.717) is 19.6 Å². The molecular formula is C11H18N2O2. The van der Waals surface area contributed by atoms with Crippen molar-refractivity contribution < 1.29 is 9.53 Å². The standard InChI is InChI=1S/C11H18N2O2/c1-4-11(2,3)13-10(14)7-9-8-15-6-5-12-9/h1,9,12H,5-8H2,2-3H3,(H,13,14). The van der Waals surface area contributed by atoms with Gasteiger partial charge >= 0.3 is 0 Å². The number of morpholine rings is 1. The lowest BCUT2D eigenvalue weighted by molar-refractivity contribution is -0.123. The van der Waals surface area contributed by atoms with Crippen molar-refractivity contribution in [1.82, 2.24) is 10.6 Å². The molecule has 4 heteroatoms. The number of carbonyl (C=O) groups is 1. The molecule has 2 N–H and O–H groups in total. The van der Waals surface area contributed by atoms with Crippen molar-refractivity contribution in [2.75, 3.05) is 19.8 Å². The number of hydrogen-bond acceptors (Lipinski definition) is 3. The molecule has 1 aliphatic heterocycles. The molecular weight excluding hydrogens is 192 g/mol. The molecule has 1 amide bonds. The van der Waals surface area contributed by atoms with E-state index in [2.05, 4.69) is 16.6 Å². The largest absolute Gasteiger partial charge is 0.378 e. The third-order valence-corrected chi connectivity index (χ3v) is 2.24. The first-order chi connectivity index (χ1) is 7.03. The highest BCUT2D eigenvalue weighted by atomic mass is 16.5. The lowest BCUT2D eigenvalue weighted by Crippen LogP contribution is -2.48. The molecule has 1 rings (SSSR count). The van der Waals surface area contributed by atoms with Gasteiger partial charge in [-0.15, -0.1) is 6.42 Å². The summed E-state index contributed by atoms with van der Waals surface area (Å²) >= 11 is 0. The van der Waals surface area contributed by atoms with Gasteiger partial charge in [0, 0.05) is 19.0 Å². The summed E-state index contributed by atoms with van der Waals surface area (Å²) in [6.45, 7) is 5.71. The van der Waals surface area contributed by atoms with Crippen LogP contribution in [0.15, 0.2) is 0 Å². The molecule has 0 aromatic heterocycles. The lowest BCUT2D eigenvalue weighted by atomic mass is 10.1. The fraction of sp³-hybridized carbons (Fsp3) is 0.727. The van der Waals surface area contributed by atoms with Crippen molar-refractivity contribution in [2.24, 2.45) is 0 Å². The van der Waals surface area contributed by atoms with Crippen LogP contribution in [0, 0.1) is 12.3 Å². The second-order valence-corrected chi connectivity index (χ2v) is 4.25.